The Bertz CT molecular complexity index is 237. The summed E-state index contributed by atoms with van der Waals surface area (Å²) in [5.41, 5.74) is 2.58. The van der Waals surface area contributed by atoms with Crippen LogP contribution in [0.25, 0.3) is 0 Å². The van der Waals surface area contributed by atoms with Crippen molar-refractivity contribution in [1.82, 2.24) is 0 Å². The summed E-state index contributed by atoms with van der Waals surface area (Å²) in [5.74, 6) is 1.02. The second kappa shape index (κ2) is 2.13. The third-order valence-electron chi connectivity index (χ3n) is 1.93. The fourth-order valence-electron chi connectivity index (χ4n) is 1.30. The van der Waals surface area contributed by atoms with E-state index in [0.717, 1.165) is 18.8 Å². The molecule has 0 atom stereocenters. The molecule has 0 radical (unpaired) electrons. The highest BCUT2D eigenvalue weighted by molar-refractivity contribution is 5.28. The summed E-state index contributed by atoms with van der Waals surface area (Å²) in [7, 11) is 0. The van der Waals surface area contributed by atoms with Gasteiger partial charge in [-0.1, -0.05) is 6.92 Å². The van der Waals surface area contributed by atoms with Crippen molar-refractivity contribution in [3.05, 3.63) is 23.2 Å². The van der Waals surface area contributed by atoms with E-state index in [0.29, 0.717) is 6.61 Å². The largest absolute Gasteiger partial charge is 0.466 e. The van der Waals surface area contributed by atoms with Gasteiger partial charge in [0.05, 0.1) is 12.9 Å². The molecule has 2 heteroatoms. The maximum atomic E-state index is 5.27. The predicted octanol–water partition coefficient (Wildman–Crippen LogP) is 1.87. The molecule has 10 heavy (non-hydrogen) atoms. The fourth-order valence-corrected chi connectivity index (χ4v) is 1.30. The van der Waals surface area contributed by atoms with Crippen molar-refractivity contribution in [2.75, 3.05) is 0 Å². The number of hydrogen-bond acceptors (Lipinski definition) is 2. The lowest BCUT2D eigenvalue weighted by Crippen LogP contribution is -1.83. The standard InChI is InChI=1S/C8H10O2/c1-2-6-3-10-8-5-9-4-7(6)8/h3H,2,4-5H2,1H3. The number of rotatable bonds is 1. The third kappa shape index (κ3) is 0.688. The SMILES string of the molecule is CCc1coc2c1COC2. The molecule has 1 aliphatic heterocycles. The van der Waals surface area contributed by atoms with Gasteiger partial charge < -0.3 is 9.15 Å². The Labute approximate surface area is 59.8 Å². The Morgan fingerprint density at radius 3 is 3.20 bits per heavy atom. The molecular formula is C8H10O2. The van der Waals surface area contributed by atoms with Gasteiger partial charge in [-0.2, -0.15) is 0 Å². The minimum Gasteiger partial charge on any atom is -0.466 e. The van der Waals surface area contributed by atoms with Crippen molar-refractivity contribution in [1.29, 1.82) is 0 Å². The lowest BCUT2D eigenvalue weighted by molar-refractivity contribution is 0.123. The van der Waals surface area contributed by atoms with Crippen LogP contribution in [0, 0.1) is 0 Å². The van der Waals surface area contributed by atoms with Crippen LogP contribution in [-0.2, 0) is 24.4 Å². The van der Waals surface area contributed by atoms with Crippen LogP contribution < -0.4 is 0 Å². The molecule has 0 aromatic carbocycles. The van der Waals surface area contributed by atoms with E-state index < -0.39 is 0 Å². The molecule has 0 N–H and O–H groups in total. The zero-order valence-electron chi connectivity index (χ0n) is 6.02. The van der Waals surface area contributed by atoms with Crippen molar-refractivity contribution in [2.24, 2.45) is 0 Å². The number of fused-ring (bicyclic) bond motifs is 1. The van der Waals surface area contributed by atoms with Crippen LogP contribution in [0.1, 0.15) is 23.8 Å². The molecule has 54 valence electrons. The molecule has 0 unspecified atom stereocenters. The topological polar surface area (TPSA) is 22.4 Å². The molecule has 0 aliphatic carbocycles. The van der Waals surface area contributed by atoms with E-state index >= 15 is 0 Å². The minimum absolute atomic E-state index is 0.662. The van der Waals surface area contributed by atoms with E-state index in [4.69, 9.17) is 9.15 Å². The highest BCUT2D eigenvalue weighted by Gasteiger charge is 2.17. The zero-order chi connectivity index (χ0) is 6.97. The lowest BCUT2D eigenvalue weighted by Gasteiger charge is -1.90. The Morgan fingerprint density at radius 1 is 1.50 bits per heavy atom. The average molecular weight is 138 g/mol. The summed E-state index contributed by atoms with van der Waals surface area (Å²) >= 11 is 0. The molecule has 2 heterocycles. The first-order chi connectivity index (χ1) is 4.92. The van der Waals surface area contributed by atoms with Crippen molar-refractivity contribution < 1.29 is 9.15 Å². The molecule has 1 aromatic heterocycles. The summed E-state index contributed by atoms with van der Waals surface area (Å²) in [4.78, 5) is 0. The zero-order valence-corrected chi connectivity index (χ0v) is 6.02. The van der Waals surface area contributed by atoms with Gasteiger partial charge in [-0.05, 0) is 12.0 Å². The van der Waals surface area contributed by atoms with Crippen LogP contribution in [0.4, 0.5) is 0 Å². The number of aryl methyl sites for hydroxylation is 1. The van der Waals surface area contributed by atoms with Crippen molar-refractivity contribution >= 4 is 0 Å². The van der Waals surface area contributed by atoms with Crippen LogP contribution >= 0.6 is 0 Å². The van der Waals surface area contributed by atoms with Crippen molar-refractivity contribution in [2.45, 2.75) is 26.6 Å². The summed E-state index contributed by atoms with van der Waals surface area (Å²) in [6, 6.07) is 0. The summed E-state index contributed by atoms with van der Waals surface area (Å²) < 4.78 is 10.5. The molecule has 1 aliphatic rings. The minimum atomic E-state index is 0.662. The molecule has 0 saturated heterocycles. The second-order valence-electron chi connectivity index (χ2n) is 2.51. The van der Waals surface area contributed by atoms with E-state index in [2.05, 4.69) is 6.92 Å². The normalized spacial score (nSPS) is 15.7. The van der Waals surface area contributed by atoms with Crippen LogP contribution in [0.2, 0.25) is 0 Å². The average Bonchev–Trinajstić information content (AvgIpc) is 2.44. The highest BCUT2D eigenvalue weighted by atomic mass is 16.5. The predicted molar refractivity (Wildman–Crippen MR) is 36.6 cm³/mol. The monoisotopic (exact) mass is 138 g/mol. The first-order valence-electron chi connectivity index (χ1n) is 3.57. The van der Waals surface area contributed by atoms with E-state index in [1.54, 1.807) is 0 Å². The smallest absolute Gasteiger partial charge is 0.135 e. The van der Waals surface area contributed by atoms with E-state index in [1.807, 2.05) is 6.26 Å². The fraction of sp³-hybridized carbons (Fsp3) is 0.500. The van der Waals surface area contributed by atoms with Gasteiger partial charge >= 0.3 is 0 Å². The highest BCUT2D eigenvalue weighted by Crippen LogP contribution is 2.25. The first-order valence-corrected chi connectivity index (χ1v) is 3.57. The molecule has 2 nitrogen and oxygen atoms in total. The van der Waals surface area contributed by atoms with Crippen molar-refractivity contribution in [3.8, 4) is 0 Å². The molecule has 0 saturated carbocycles. The quantitative estimate of drug-likeness (QED) is 0.591. The summed E-state index contributed by atoms with van der Waals surface area (Å²) in [6.07, 6.45) is 2.88. The second-order valence-corrected chi connectivity index (χ2v) is 2.51. The molecule has 0 spiro atoms. The first kappa shape index (κ1) is 5.98. The lowest BCUT2D eigenvalue weighted by atomic mass is 10.1. The Hall–Kier alpha value is -0.760. The Morgan fingerprint density at radius 2 is 2.40 bits per heavy atom. The van der Waals surface area contributed by atoms with Crippen LogP contribution in [0.3, 0.4) is 0 Å². The Kier molecular flexibility index (Phi) is 1.27. The van der Waals surface area contributed by atoms with Gasteiger partial charge in [0, 0.05) is 5.56 Å². The van der Waals surface area contributed by atoms with Gasteiger partial charge in [0.15, 0.2) is 0 Å². The molecule has 0 fully saturated rings. The number of ether oxygens (including phenoxy) is 1. The summed E-state index contributed by atoms with van der Waals surface area (Å²) in [5, 5.41) is 0. The van der Waals surface area contributed by atoms with E-state index in [9.17, 15) is 0 Å². The van der Waals surface area contributed by atoms with E-state index in [-0.39, 0.29) is 0 Å². The van der Waals surface area contributed by atoms with Crippen LogP contribution in [0.5, 0.6) is 0 Å². The number of hydrogen-bond donors (Lipinski definition) is 0. The summed E-state index contributed by atoms with van der Waals surface area (Å²) in [6.45, 7) is 3.54. The maximum absolute atomic E-state index is 5.27. The third-order valence-corrected chi connectivity index (χ3v) is 1.93. The van der Waals surface area contributed by atoms with Gasteiger partial charge in [-0.3, -0.25) is 0 Å². The van der Waals surface area contributed by atoms with Crippen LogP contribution in [-0.4, -0.2) is 0 Å². The Balaban J connectivity index is 2.44. The number of furan rings is 1. The van der Waals surface area contributed by atoms with Gasteiger partial charge in [-0.25, -0.2) is 0 Å². The molecule has 0 bridgehead atoms. The van der Waals surface area contributed by atoms with Gasteiger partial charge in [0.2, 0.25) is 0 Å². The molecule has 0 amide bonds. The molecular weight excluding hydrogens is 128 g/mol. The van der Waals surface area contributed by atoms with Crippen LogP contribution in [0.15, 0.2) is 10.7 Å². The van der Waals surface area contributed by atoms with Gasteiger partial charge in [0.25, 0.3) is 0 Å². The van der Waals surface area contributed by atoms with E-state index in [1.165, 1.54) is 11.1 Å². The molecule has 2 rings (SSSR count). The van der Waals surface area contributed by atoms with Gasteiger partial charge in [0.1, 0.15) is 12.4 Å². The van der Waals surface area contributed by atoms with Crippen molar-refractivity contribution in [3.63, 3.8) is 0 Å². The molecule has 1 aromatic rings. The van der Waals surface area contributed by atoms with Gasteiger partial charge in [-0.15, -0.1) is 0 Å². The maximum Gasteiger partial charge on any atom is 0.135 e.